The topological polar surface area (TPSA) is 72.2 Å². The van der Waals surface area contributed by atoms with Crippen LogP contribution in [-0.4, -0.2) is 26.5 Å². The van der Waals surface area contributed by atoms with E-state index < -0.39 is 5.60 Å². The van der Waals surface area contributed by atoms with Crippen molar-refractivity contribution in [3.05, 3.63) is 74.8 Å². The maximum atomic E-state index is 12.9. The lowest BCUT2D eigenvalue weighted by Gasteiger charge is -2.18. The van der Waals surface area contributed by atoms with Gasteiger partial charge in [0.2, 0.25) is 0 Å². The van der Waals surface area contributed by atoms with E-state index >= 15 is 0 Å². The van der Waals surface area contributed by atoms with Crippen LogP contribution >= 0.6 is 11.6 Å². The molecule has 0 saturated heterocycles. The summed E-state index contributed by atoms with van der Waals surface area (Å²) >= 11 is 6.47. The molecule has 35 heavy (non-hydrogen) atoms. The first-order chi connectivity index (χ1) is 16.4. The maximum absolute atomic E-state index is 12.9. The Morgan fingerprint density at radius 2 is 1.71 bits per heavy atom. The highest BCUT2D eigenvalue weighted by molar-refractivity contribution is 6.36. The molecule has 0 amide bonds. The molecule has 0 bridgehead atoms. The first-order valence-electron chi connectivity index (χ1n) is 11.1. The van der Waals surface area contributed by atoms with Gasteiger partial charge in [0, 0.05) is 47.3 Å². The number of terminal acetylenes is 1. The number of carbonyl (C=O) groups is 1. The highest BCUT2D eigenvalue weighted by Gasteiger charge is 2.19. The minimum absolute atomic E-state index is 0.110. The predicted octanol–water partition coefficient (Wildman–Crippen LogP) is 5.79. The second-order valence-corrected chi connectivity index (χ2v) is 9.63. The first kappa shape index (κ1) is 27.8. The Hall–Kier alpha value is -3.46. The Balaban J connectivity index is 0.000000551. The Labute approximate surface area is 211 Å². The van der Waals surface area contributed by atoms with Gasteiger partial charge in [0.05, 0.1) is 16.1 Å². The van der Waals surface area contributed by atoms with E-state index in [1.54, 1.807) is 38.6 Å². The number of hydrogen-bond donors (Lipinski definition) is 1. The van der Waals surface area contributed by atoms with E-state index in [0.29, 0.717) is 16.1 Å². The highest BCUT2D eigenvalue weighted by atomic mass is 35.5. The van der Waals surface area contributed by atoms with Crippen molar-refractivity contribution in [2.45, 2.75) is 46.6 Å². The van der Waals surface area contributed by atoms with E-state index in [4.69, 9.17) is 16.7 Å². The Morgan fingerprint density at radius 3 is 2.31 bits per heavy atom. The van der Waals surface area contributed by atoms with E-state index in [0.717, 1.165) is 44.8 Å². The summed E-state index contributed by atoms with van der Waals surface area (Å²) in [5.41, 5.74) is 4.57. The van der Waals surface area contributed by atoms with E-state index in [1.165, 1.54) is 0 Å². The van der Waals surface area contributed by atoms with Crippen molar-refractivity contribution in [3.63, 3.8) is 0 Å². The molecule has 6 heteroatoms. The number of rotatable bonds is 3. The van der Waals surface area contributed by atoms with Gasteiger partial charge >= 0.3 is 0 Å². The Kier molecular flexibility index (Phi) is 8.98. The SMILES string of the molecule is C#C.CC(C)(C)O.Cc1ccc2c(-c3ccc(Cl)c4c(C)ccnc34)c(CC=O)n(C)c(=O)c2c1. The van der Waals surface area contributed by atoms with Crippen molar-refractivity contribution >= 4 is 39.6 Å². The average molecular weight is 491 g/mol. The van der Waals surface area contributed by atoms with Gasteiger partial charge in [-0.2, -0.15) is 0 Å². The van der Waals surface area contributed by atoms with Gasteiger partial charge in [0.1, 0.15) is 6.29 Å². The summed E-state index contributed by atoms with van der Waals surface area (Å²) in [6.07, 6.45) is 10.7. The van der Waals surface area contributed by atoms with Gasteiger partial charge in [-0.05, 0) is 63.8 Å². The number of aldehydes is 1. The molecule has 5 nitrogen and oxygen atoms in total. The molecule has 0 aliphatic heterocycles. The summed E-state index contributed by atoms with van der Waals surface area (Å²) in [6.45, 7) is 9.18. The molecule has 182 valence electrons. The third kappa shape index (κ3) is 6.16. The third-order valence-electron chi connectivity index (χ3n) is 5.27. The van der Waals surface area contributed by atoms with Crippen molar-refractivity contribution in [1.29, 1.82) is 0 Å². The quantitative estimate of drug-likeness (QED) is 0.291. The van der Waals surface area contributed by atoms with Gasteiger partial charge < -0.3 is 14.5 Å². The first-order valence-corrected chi connectivity index (χ1v) is 11.5. The second-order valence-electron chi connectivity index (χ2n) is 9.22. The van der Waals surface area contributed by atoms with E-state index in [1.807, 2.05) is 50.2 Å². The van der Waals surface area contributed by atoms with Crippen molar-refractivity contribution in [3.8, 4) is 24.0 Å². The summed E-state index contributed by atoms with van der Waals surface area (Å²) < 4.78 is 1.57. The van der Waals surface area contributed by atoms with Gasteiger partial charge in [-0.15, -0.1) is 12.8 Å². The van der Waals surface area contributed by atoms with Crippen LogP contribution in [0.3, 0.4) is 0 Å². The number of halogens is 1. The molecule has 0 unspecified atom stereocenters. The molecule has 0 spiro atoms. The van der Waals surface area contributed by atoms with Crippen molar-refractivity contribution < 1.29 is 9.90 Å². The van der Waals surface area contributed by atoms with E-state index in [-0.39, 0.29) is 12.0 Å². The highest BCUT2D eigenvalue weighted by Crippen LogP contribution is 2.38. The standard InChI is InChI=1S/C23H19ClN2O2.C4H10O.C2H2/c1-13-4-5-15-17(12-13)23(28)26(3)19(9-11-27)21(15)16-6-7-18(24)20-14(2)8-10-25-22(16)20;1-4(2,3)5;1-2/h4-8,10-12H,9H2,1-3H3;5H,1-3H3;1-2H. The minimum Gasteiger partial charge on any atom is -0.391 e. The zero-order valence-electron chi connectivity index (χ0n) is 21.0. The molecule has 2 aromatic heterocycles. The summed E-state index contributed by atoms with van der Waals surface area (Å²) in [5.74, 6) is 0. The molecule has 0 aliphatic carbocycles. The van der Waals surface area contributed by atoms with Crippen LogP contribution in [-0.2, 0) is 18.3 Å². The van der Waals surface area contributed by atoms with E-state index in [9.17, 15) is 9.59 Å². The second kappa shape index (κ2) is 11.3. The molecule has 0 saturated carbocycles. The monoisotopic (exact) mass is 490 g/mol. The zero-order chi connectivity index (χ0) is 26.5. The lowest BCUT2D eigenvalue weighted by Crippen LogP contribution is -2.22. The Bertz CT molecular complexity index is 1450. The molecule has 0 aliphatic rings. The predicted molar refractivity (Wildman–Crippen MR) is 146 cm³/mol. The van der Waals surface area contributed by atoms with E-state index in [2.05, 4.69) is 17.8 Å². The van der Waals surface area contributed by atoms with Gasteiger partial charge in [0.25, 0.3) is 5.56 Å². The average Bonchev–Trinajstić information content (AvgIpc) is 2.79. The number of carbonyl (C=O) groups excluding carboxylic acids is 1. The lowest BCUT2D eigenvalue weighted by molar-refractivity contribution is -0.107. The number of hydrogen-bond acceptors (Lipinski definition) is 4. The molecular weight excluding hydrogens is 460 g/mol. The van der Waals surface area contributed by atoms with Crippen molar-refractivity contribution in [2.75, 3.05) is 0 Å². The van der Waals surface area contributed by atoms with Crippen LogP contribution in [0, 0.1) is 26.7 Å². The fourth-order valence-corrected chi connectivity index (χ4v) is 4.18. The van der Waals surface area contributed by atoms with Crippen LogP contribution < -0.4 is 5.56 Å². The van der Waals surface area contributed by atoms with Gasteiger partial charge in [-0.3, -0.25) is 9.78 Å². The summed E-state index contributed by atoms with van der Waals surface area (Å²) in [7, 11) is 1.71. The summed E-state index contributed by atoms with van der Waals surface area (Å²) in [6, 6.07) is 11.5. The largest absolute Gasteiger partial charge is 0.391 e. The number of benzene rings is 2. The van der Waals surface area contributed by atoms with Crippen molar-refractivity contribution in [1.82, 2.24) is 9.55 Å². The lowest BCUT2D eigenvalue weighted by atomic mass is 9.92. The number of aromatic nitrogens is 2. The third-order valence-corrected chi connectivity index (χ3v) is 5.58. The smallest absolute Gasteiger partial charge is 0.258 e. The van der Waals surface area contributed by atoms with Crippen LogP contribution in [0.4, 0.5) is 0 Å². The van der Waals surface area contributed by atoms with Crippen LogP contribution in [0.15, 0.2) is 47.4 Å². The maximum Gasteiger partial charge on any atom is 0.258 e. The molecule has 0 radical (unpaired) electrons. The molecule has 4 rings (SSSR count). The van der Waals surface area contributed by atoms with Gasteiger partial charge in [-0.1, -0.05) is 35.4 Å². The summed E-state index contributed by atoms with van der Waals surface area (Å²) in [5, 5.41) is 11.5. The van der Waals surface area contributed by atoms with Crippen LogP contribution in [0.2, 0.25) is 5.02 Å². The number of fused-ring (bicyclic) bond motifs is 2. The number of pyridine rings is 2. The molecule has 2 aromatic carbocycles. The van der Waals surface area contributed by atoms with Crippen LogP contribution in [0.5, 0.6) is 0 Å². The molecule has 1 N–H and O–H groups in total. The molecule has 0 atom stereocenters. The summed E-state index contributed by atoms with van der Waals surface area (Å²) in [4.78, 5) is 29.0. The minimum atomic E-state index is -0.500. The van der Waals surface area contributed by atoms with Crippen LogP contribution in [0.25, 0.3) is 32.8 Å². The molecular formula is C29H31ClN2O3. The van der Waals surface area contributed by atoms with Crippen molar-refractivity contribution in [2.24, 2.45) is 7.05 Å². The van der Waals surface area contributed by atoms with Crippen LogP contribution in [0.1, 0.15) is 37.6 Å². The number of aryl methyl sites for hydroxylation is 2. The fraction of sp³-hybridized carbons (Fsp3) is 0.276. The zero-order valence-corrected chi connectivity index (χ0v) is 21.8. The fourth-order valence-electron chi connectivity index (χ4n) is 3.88. The molecule has 2 heterocycles. The number of nitrogens with zero attached hydrogens (tertiary/aromatic N) is 2. The molecule has 4 aromatic rings. The van der Waals surface area contributed by atoms with Gasteiger partial charge in [-0.25, -0.2) is 0 Å². The number of aliphatic hydroxyl groups is 1. The normalized spacial score (nSPS) is 10.8. The van der Waals surface area contributed by atoms with Gasteiger partial charge in [0.15, 0.2) is 0 Å². The molecule has 0 fully saturated rings. The Morgan fingerprint density at radius 1 is 1.09 bits per heavy atom.